The zero-order chi connectivity index (χ0) is 27.5. The molecule has 0 spiro atoms. The molecule has 0 fully saturated rings. The minimum absolute atomic E-state index is 0.267. The van der Waals surface area contributed by atoms with Crippen molar-refractivity contribution in [2.75, 3.05) is 19.0 Å². The molecule has 5 rings (SSSR count). The van der Waals surface area contributed by atoms with E-state index in [9.17, 15) is 9.59 Å². The third kappa shape index (κ3) is 5.39. The van der Waals surface area contributed by atoms with Gasteiger partial charge in [-0.3, -0.25) is 14.2 Å². The average molecular weight is 560 g/mol. The molecule has 0 aliphatic carbocycles. The van der Waals surface area contributed by atoms with Crippen molar-refractivity contribution < 1.29 is 14.3 Å². The van der Waals surface area contributed by atoms with Crippen molar-refractivity contribution >= 4 is 40.6 Å². The Kier molecular flexibility index (Phi) is 7.67. The van der Waals surface area contributed by atoms with Crippen LogP contribution < -0.4 is 29.7 Å². The highest BCUT2D eigenvalue weighted by atomic mass is 35.5. The van der Waals surface area contributed by atoms with Crippen LogP contribution in [0.25, 0.3) is 6.08 Å². The number of hydrogen-bond donors (Lipinski definition) is 1. The van der Waals surface area contributed by atoms with E-state index in [0.29, 0.717) is 55.0 Å². The van der Waals surface area contributed by atoms with E-state index in [1.165, 1.54) is 11.3 Å². The second-order valence-electron chi connectivity index (χ2n) is 8.79. The highest BCUT2D eigenvalue weighted by Crippen LogP contribution is 2.32. The van der Waals surface area contributed by atoms with Crippen LogP contribution in [-0.4, -0.2) is 24.2 Å². The maximum absolute atomic E-state index is 13.9. The SMILES string of the molecule is CCOc1ccc([C@H]2C(C(=O)Nc3ccccc3)=C(C)N=c3s/c(=C\c4cc(Cl)ccc4OC)c(=O)n32)cc1. The van der Waals surface area contributed by atoms with Crippen LogP contribution >= 0.6 is 22.9 Å². The zero-order valence-electron chi connectivity index (χ0n) is 21.6. The highest BCUT2D eigenvalue weighted by molar-refractivity contribution is 7.07. The van der Waals surface area contributed by atoms with Crippen LogP contribution in [0.4, 0.5) is 5.69 Å². The number of allylic oxidation sites excluding steroid dienone is 1. The van der Waals surface area contributed by atoms with Gasteiger partial charge in [-0.2, -0.15) is 0 Å². The third-order valence-corrected chi connectivity index (χ3v) is 7.50. The first-order valence-electron chi connectivity index (χ1n) is 12.3. The number of rotatable bonds is 7. The van der Waals surface area contributed by atoms with Gasteiger partial charge in [0.05, 0.1) is 35.6 Å². The Hall–Kier alpha value is -4.14. The molecule has 3 aromatic carbocycles. The number of anilines is 1. The smallest absolute Gasteiger partial charge is 0.271 e. The first-order valence-corrected chi connectivity index (χ1v) is 13.5. The van der Waals surface area contributed by atoms with Gasteiger partial charge < -0.3 is 14.8 Å². The normalized spacial score (nSPS) is 15.0. The minimum Gasteiger partial charge on any atom is -0.496 e. The summed E-state index contributed by atoms with van der Waals surface area (Å²) in [6, 6.07) is 21.2. The summed E-state index contributed by atoms with van der Waals surface area (Å²) in [6.45, 7) is 4.24. The van der Waals surface area contributed by atoms with Gasteiger partial charge in [-0.1, -0.05) is 53.3 Å². The number of nitrogens with zero attached hydrogens (tertiary/aromatic N) is 2. The lowest BCUT2D eigenvalue weighted by Gasteiger charge is -2.25. The first-order chi connectivity index (χ1) is 18.9. The Morgan fingerprint density at radius 2 is 1.87 bits per heavy atom. The van der Waals surface area contributed by atoms with Crippen LogP contribution in [0.15, 0.2) is 93.9 Å². The van der Waals surface area contributed by atoms with Crippen molar-refractivity contribution in [1.29, 1.82) is 0 Å². The summed E-state index contributed by atoms with van der Waals surface area (Å²) < 4.78 is 13.1. The number of para-hydroxylation sites is 1. The number of ether oxygens (including phenoxy) is 2. The summed E-state index contributed by atoms with van der Waals surface area (Å²) in [4.78, 5) is 32.8. The molecule has 198 valence electrons. The van der Waals surface area contributed by atoms with Gasteiger partial charge in [0.1, 0.15) is 11.5 Å². The molecule has 0 radical (unpaired) electrons. The number of aromatic nitrogens is 1. The van der Waals surface area contributed by atoms with Gasteiger partial charge in [0, 0.05) is 16.3 Å². The fourth-order valence-corrected chi connectivity index (χ4v) is 5.74. The lowest BCUT2D eigenvalue weighted by molar-refractivity contribution is -0.113. The van der Waals surface area contributed by atoms with E-state index in [-0.39, 0.29) is 11.5 Å². The van der Waals surface area contributed by atoms with Crippen molar-refractivity contribution in [1.82, 2.24) is 4.57 Å². The van der Waals surface area contributed by atoms with Gasteiger partial charge in [0.25, 0.3) is 11.5 Å². The van der Waals surface area contributed by atoms with Crippen molar-refractivity contribution in [3.8, 4) is 11.5 Å². The first kappa shape index (κ1) is 26.5. The summed E-state index contributed by atoms with van der Waals surface area (Å²) in [5.74, 6) is 0.970. The molecular formula is C30H26ClN3O4S. The van der Waals surface area contributed by atoms with Gasteiger partial charge in [0.15, 0.2) is 4.80 Å². The molecule has 0 saturated carbocycles. The van der Waals surface area contributed by atoms with Crippen molar-refractivity contribution in [3.05, 3.63) is 120 Å². The predicted octanol–water partition coefficient (Wildman–Crippen LogP) is 4.93. The van der Waals surface area contributed by atoms with E-state index in [2.05, 4.69) is 5.32 Å². The Labute approximate surface area is 234 Å². The Morgan fingerprint density at radius 1 is 1.13 bits per heavy atom. The number of carbonyl (C=O) groups excluding carboxylic acids is 1. The van der Waals surface area contributed by atoms with Crippen LogP contribution in [-0.2, 0) is 4.79 Å². The number of thiazole rings is 1. The van der Waals surface area contributed by atoms with E-state index in [1.54, 1.807) is 42.9 Å². The number of benzene rings is 3. The molecule has 9 heteroatoms. The van der Waals surface area contributed by atoms with Gasteiger partial charge in [-0.25, -0.2) is 4.99 Å². The Balaban J connectivity index is 1.68. The largest absolute Gasteiger partial charge is 0.496 e. The van der Waals surface area contributed by atoms with Crippen LogP contribution in [0.2, 0.25) is 5.02 Å². The van der Waals surface area contributed by atoms with E-state index < -0.39 is 6.04 Å². The fraction of sp³-hybridized carbons (Fsp3) is 0.167. The number of nitrogens with one attached hydrogen (secondary N) is 1. The summed E-state index contributed by atoms with van der Waals surface area (Å²) >= 11 is 7.48. The van der Waals surface area contributed by atoms with Gasteiger partial charge in [-0.15, -0.1) is 0 Å². The number of hydrogen-bond acceptors (Lipinski definition) is 6. The average Bonchev–Trinajstić information content (AvgIpc) is 3.23. The molecule has 0 bridgehead atoms. The fourth-order valence-electron chi connectivity index (χ4n) is 4.52. The van der Waals surface area contributed by atoms with E-state index in [4.69, 9.17) is 26.1 Å². The van der Waals surface area contributed by atoms with Crippen LogP contribution in [0.3, 0.4) is 0 Å². The number of halogens is 1. The molecule has 1 N–H and O–H groups in total. The van der Waals surface area contributed by atoms with Crippen molar-refractivity contribution in [3.63, 3.8) is 0 Å². The minimum atomic E-state index is -0.691. The van der Waals surface area contributed by atoms with Crippen molar-refractivity contribution in [2.45, 2.75) is 19.9 Å². The molecule has 2 heterocycles. The Morgan fingerprint density at radius 3 is 2.56 bits per heavy atom. The maximum Gasteiger partial charge on any atom is 0.271 e. The molecule has 1 aromatic heterocycles. The predicted molar refractivity (Wildman–Crippen MR) is 154 cm³/mol. The molecule has 0 saturated heterocycles. The lowest BCUT2D eigenvalue weighted by Crippen LogP contribution is -2.40. The number of methoxy groups -OCH3 is 1. The third-order valence-electron chi connectivity index (χ3n) is 6.28. The second kappa shape index (κ2) is 11.3. The van der Waals surface area contributed by atoms with Crippen LogP contribution in [0.1, 0.15) is 31.0 Å². The number of amides is 1. The van der Waals surface area contributed by atoms with Gasteiger partial charge in [-0.05, 0) is 68.0 Å². The molecule has 1 aliphatic rings. The van der Waals surface area contributed by atoms with Crippen molar-refractivity contribution in [2.24, 2.45) is 4.99 Å². The lowest BCUT2D eigenvalue weighted by atomic mass is 9.95. The van der Waals surface area contributed by atoms with E-state index in [0.717, 1.165) is 5.56 Å². The maximum atomic E-state index is 13.9. The molecule has 39 heavy (non-hydrogen) atoms. The van der Waals surface area contributed by atoms with Gasteiger partial charge >= 0.3 is 0 Å². The second-order valence-corrected chi connectivity index (χ2v) is 10.2. The standard InChI is InChI=1S/C30H26ClN3O4S/c1-4-38-23-13-10-19(11-14-23)27-26(28(35)33-22-8-6-5-7-9-22)18(2)32-30-34(27)29(36)25(39-30)17-20-16-21(31)12-15-24(20)37-3/h5-17,27H,4H2,1-3H3,(H,33,35)/b25-17-/t27-/m0/s1. The molecule has 1 aliphatic heterocycles. The number of fused-ring (bicyclic) bond motifs is 1. The number of carbonyl (C=O) groups is 1. The molecule has 1 amide bonds. The molecule has 1 atom stereocenters. The molecule has 0 unspecified atom stereocenters. The zero-order valence-corrected chi connectivity index (χ0v) is 23.2. The summed E-state index contributed by atoms with van der Waals surface area (Å²) in [5.41, 5.74) is 2.75. The topological polar surface area (TPSA) is 81.9 Å². The summed E-state index contributed by atoms with van der Waals surface area (Å²) in [7, 11) is 1.56. The van der Waals surface area contributed by atoms with E-state index in [1.807, 2.05) is 61.5 Å². The van der Waals surface area contributed by atoms with Gasteiger partial charge in [0.2, 0.25) is 0 Å². The van der Waals surface area contributed by atoms with E-state index >= 15 is 0 Å². The molecule has 7 nitrogen and oxygen atoms in total. The summed E-state index contributed by atoms with van der Waals surface area (Å²) in [5, 5.41) is 3.48. The van der Waals surface area contributed by atoms with Crippen LogP contribution in [0, 0.1) is 0 Å². The Bertz CT molecular complexity index is 1740. The quantitative estimate of drug-likeness (QED) is 0.348. The molecule has 4 aromatic rings. The monoisotopic (exact) mass is 559 g/mol. The summed E-state index contributed by atoms with van der Waals surface area (Å²) in [6.07, 6.45) is 1.74. The highest BCUT2D eigenvalue weighted by Gasteiger charge is 2.32. The van der Waals surface area contributed by atoms with Crippen LogP contribution in [0.5, 0.6) is 11.5 Å². The molecular weight excluding hydrogens is 534 g/mol.